The Labute approximate surface area is 140 Å². The van der Waals surface area contributed by atoms with Crippen LogP contribution in [0.2, 0.25) is 0 Å². The quantitative estimate of drug-likeness (QED) is 0.596. The molecule has 0 spiro atoms. The minimum Gasteiger partial charge on any atom is -0.392 e. The van der Waals surface area contributed by atoms with Gasteiger partial charge in [-0.3, -0.25) is 4.57 Å². The van der Waals surface area contributed by atoms with Crippen LogP contribution in [0.4, 0.5) is 13.2 Å². The second kappa shape index (κ2) is 5.35. The van der Waals surface area contributed by atoms with Crippen LogP contribution in [0.5, 0.6) is 0 Å². The standard InChI is InChI=1S/C18H14F3N3O/c1-23-10-22-17-16(23)14-8-11(9-25)2-7-15(14)24(17)13-5-3-12(4-6-13)18(19,20)21/h2-8,10,25H,9H2,1H3. The molecule has 1 N–H and O–H groups in total. The number of nitrogens with zero attached hydrogens (tertiary/aromatic N) is 3. The molecule has 0 saturated heterocycles. The van der Waals surface area contributed by atoms with Crippen molar-refractivity contribution in [1.82, 2.24) is 14.1 Å². The van der Waals surface area contributed by atoms with Crippen molar-refractivity contribution in [1.29, 1.82) is 0 Å². The first-order valence-electron chi connectivity index (χ1n) is 7.63. The first-order valence-corrected chi connectivity index (χ1v) is 7.63. The van der Waals surface area contributed by atoms with Gasteiger partial charge in [-0.2, -0.15) is 13.2 Å². The van der Waals surface area contributed by atoms with Gasteiger partial charge in [-0.05, 0) is 42.0 Å². The molecule has 7 heteroatoms. The first-order chi connectivity index (χ1) is 11.9. The summed E-state index contributed by atoms with van der Waals surface area (Å²) < 4.78 is 42.1. The van der Waals surface area contributed by atoms with Crippen molar-refractivity contribution in [3.63, 3.8) is 0 Å². The Morgan fingerprint density at radius 2 is 1.80 bits per heavy atom. The van der Waals surface area contributed by atoms with E-state index < -0.39 is 11.7 Å². The van der Waals surface area contributed by atoms with E-state index in [1.54, 1.807) is 12.4 Å². The minimum absolute atomic E-state index is 0.0826. The topological polar surface area (TPSA) is 43.0 Å². The van der Waals surface area contributed by atoms with E-state index in [2.05, 4.69) is 4.98 Å². The minimum atomic E-state index is -4.37. The number of hydrogen-bond acceptors (Lipinski definition) is 2. The average molecular weight is 345 g/mol. The molecule has 4 rings (SSSR count). The smallest absolute Gasteiger partial charge is 0.392 e. The van der Waals surface area contributed by atoms with Crippen molar-refractivity contribution < 1.29 is 18.3 Å². The van der Waals surface area contributed by atoms with Crippen LogP contribution in [0.25, 0.3) is 27.8 Å². The highest BCUT2D eigenvalue weighted by Gasteiger charge is 2.30. The third kappa shape index (κ3) is 2.39. The van der Waals surface area contributed by atoms with Crippen molar-refractivity contribution in [2.24, 2.45) is 7.05 Å². The summed E-state index contributed by atoms with van der Waals surface area (Å²) in [5.74, 6) is 0. The van der Waals surface area contributed by atoms with Gasteiger partial charge in [0.15, 0.2) is 5.65 Å². The molecule has 0 saturated carbocycles. The number of halogens is 3. The van der Waals surface area contributed by atoms with Crippen LogP contribution in [0.15, 0.2) is 48.8 Å². The fourth-order valence-corrected chi connectivity index (χ4v) is 3.13. The molecule has 2 heterocycles. The van der Waals surface area contributed by atoms with Crippen molar-refractivity contribution in [3.8, 4) is 5.69 Å². The van der Waals surface area contributed by atoms with Crippen LogP contribution in [0, 0.1) is 0 Å². The molecule has 2 aromatic carbocycles. The monoisotopic (exact) mass is 345 g/mol. The van der Waals surface area contributed by atoms with Gasteiger partial charge < -0.3 is 9.67 Å². The molecule has 128 valence electrons. The molecule has 0 aliphatic carbocycles. The maximum atomic E-state index is 12.8. The highest BCUT2D eigenvalue weighted by atomic mass is 19.4. The second-order valence-corrected chi connectivity index (χ2v) is 5.92. The van der Waals surface area contributed by atoms with Gasteiger partial charge in [0.25, 0.3) is 0 Å². The Bertz CT molecular complexity index is 1080. The number of aromatic nitrogens is 3. The fraction of sp³-hybridized carbons (Fsp3) is 0.167. The van der Waals surface area contributed by atoms with Gasteiger partial charge in [-0.15, -0.1) is 0 Å². The third-order valence-electron chi connectivity index (χ3n) is 4.32. The second-order valence-electron chi connectivity index (χ2n) is 5.92. The number of aryl methyl sites for hydroxylation is 1. The predicted molar refractivity (Wildman–Crippen MR) is 88.5 cm³/mol. The molecule has 4 aromatic rings. The summed E-state index contributed by atoms with van der Waals surface area (Å²) >= 11 is 0. The van der Waals surface area contributed by atoms with Crippen molar-refractivity contribution in [3.05, 3.63) is 59.9 Å². The zero-order valence-electron chi connectivity index (χ0n) is 13.2. The summed E-state index contributed by atoms with van der Waals surface area (Å²) in [5.41, 5.74) is 3.03. The Morgan fingerprint density at radius 1 is 1.08 bits per heavy atom. The van der Waals surface area contributed by atoms with Crippen molar-refractivity contribution in [2.45, 2.75) is 12.8 Å². The lowest BCUT2D eigenvalue weighted by molar-refractivity contribution is -0.137. The lowest BCUT2D eigenvalue weighted by atomic mass is 10.1. The number of rotatable bonds is 2. The van der Waals surface area contributed by atoms with E-state index in [0.29, 0.717) is 11.3 Å². The van der Waals surface area contributed by atoms with E-state index in [1.165, 1.54) is 12.1 Å². The predicted octanol–water partition coefficient (Wildman–Crippen LogP) is 4.03. The summed E-state index contributed by atoms with van der Waals surface area (Å²) in [7, 11) is 1.86. The molecule has 0 bridgehead atoms. The van der Waals surface area contributed by atoms with Gasteiger partial charge in [0.2, 0.25) is 0 Å². The van der Waals surface area contributed by atoms with E-state index in [4.69, 9.17) is 0 Å². The number of aliphatic hydroxyl groups is 1. The molecule has 0 atom stereocenters. The lowest BCUT2D eigenvalue weighted by Gasteiger charge is -2.10. The number of aliphatic hydroxyl groups excluding tert-OH is 1. The molecule has 0 amide bonds. The zero-order valence-corrected chi connectivity index (χ0v) is 13.2. The van der Waals surface area contributed by atoms with Gasteiger partial charge in [0.1, 0.15) is 0 Å². The summed E-state index contributed by atoms with van der Waals surface area (Å²) in [4.78, 5) is 4.40. The number of alkyl halides is 3. The number of hydrogen-bond donors (Lipinski definition) is 1. The first kappa shape index (κ1) is 15.7. The molecule has 0 unspecified atom stereocenters. The van der Waals surface area contributed by atoms with Gasteiger partial charge in [0.05, 0.1) is 29.5 Å². The Morgan fingerprint density at radius 3 is 2.44 bits per heavy atom. The molecule has 25 heavy (non-hydrogen) atoms. The van der Waals surface area contributed by atoms with E-state index in [-0.39, 0.29) is 6.61 Å². The Balaban J connectivity index is 2.00. The molecule has 0 aliphatic heterocycles. The SMILES string of the molecule is Cn1cnc2c1c1cc(CO)ccc1n2-c1ccc(C(F)(F)F)cc1. The zero-order chi connectivity index (χ0) is 17.8. The van der Waals surface area contributed by atoms with Gasteiger partial charge in [-0.25, -0.2) is 4.98 Å². The van der Waals surface area contributed by atoms with Crippen LogP contribution in [-0.4, -0.2) is 19.2 Å². The number of fused-ring (bicyclic) bond motifs is 3. The van der Waals surface area contributed by atoms with E-state index in [9.17, 15) is 18.3 Å². The normalized spacial score (nSPS) is 12.4. The third-order valence-corrected chi connectivity index (χ3v) is 4.32. The lowest BCUT2D eigenvalue weighted by Crippen LogP contribution is -2.05. The molecule has 0 fully saturated rings. The Hall–Kier alpha value is -2.80. The van der Waals surface area contributed by atoms with Crippen LogP contribution in [-0.2, 0) is 19.8 Å². The Kier molecular flexibility index (Phi) is 3.36. The maximum absolute atomic E-state index is 12.8. The van der Waals surface area contributed by atoms with Crippen molar-refractivity contribution >= 4 is 22.1 Å². The highest BCUT2D eigenvalue weighted by Crippen LogP contribution is 2.34. The number of benzene rings is 2. The molecule has 0 aliphatic rings. The van der Waals surface area contributed by atoms with Gasteiger partial charge in [0, 0.05) is 18.1 Å². The molecule has 0 radical (unpaired) electrons. The largest absolute Gasteiger partial charge is 0.416 e. The van der Waals surface area contributed by atoms with Crippen LogP contribution < -0.4 is 0 Å². The van der Waals surface area contributed by atoms with Crippen LogP contribution >= 0.6 is 0 Å². The highest BCUT2D eigenvalue weighted by molar-refractivity contribution is 6.06. The number of imidazole rings is 1. The molecule has 2 aromatic heterocycles. The van der Waals surface area contributed by atoms with Gasteiger partial charge in [-0.1, -0.05) is 6.07 Å². The van der Waals surface area contributed by atoms with Crippen LogP contribution in [0.3, 0.4) is 0 Å². The summed E-state index contributed by atoms with van der Waals surface area (Å²) in [6.07, 6.45) is -2.70. The molecular weight excluding hydrogens is 331 g/mol. The maximum Gasteiger partial charge on any atom is 0.416 e. The van der Waals surface area contributed by atoms with Crippen LogP contribution in [0.1, 0.15) is 11.1 Å². The fourth-order valence-electron chi connectivity index (χ4n) is 3.13. The average Bonchev–Trinajstić information content (AvgIpc) is 3.11. The van der Waals surface area contributed by atoms with E-state index in [0.717, 1.165) is 34.1 Å². The van der Waals surface area contributed by atoms with Crippen molar-refractivity contribution in [2.75, 3.05) is 0 Å². The summed E-state index contributed by atoms with van der Waals surface area (Å²) in [5, 5.41) is 10.3. The van der Waals surface area contributed by atoms with Gasteiger partial charge >= 0.3 is 6.18 Å². The summed E-state index contributed by atoms with van der Waals surface area (Å²) in [6.45, 7) is -0.0826. The van der Waals surface area contributed by atoms with E-state index in [1.807, 2.05) is 28.3 Å². The molecule has 4 nitrogen and oxygen atoms in total. The molecular formula is C18H14F3N3O. The summed E-state index contributed by atoms with van der Waals surface area (Å²) in [6, 6.07) is 10.5. The van der Waals surface area contributed by atoms with E-state index >= 15 is 0 Å².